The molecular weight excluding hydrogens is 208 g/mol. The average molecular weight is 222 g/mol. The minimum absolute atomic E-state index is 0.506. The molecule has 1 atom stereocenters. The number of hydrogen-bond acceptors (Lipinski definition) is 4. The molecule has 1 aromatic rings. The maximum atomic E-state index is 10.7. The van der Waals surface area contributed by atoms with E-state index in [0.717, 1.165) is 18.7 Å². The minimum Gasteiger partial charge on any atom is -0.480 e. The van der Waals surface area contributed by atoms with Gasteiger partial charge in [-0.3, -0.25) is 4.79 Å². The van der Waals surface area contributed by atoms with Crippen molar-refractivity contribution in [3.63, 3.8) is 0 Å². The summed E-state index contributed by atoms with van der Waals surface area (Å²) in [5.41, 5.74) is 2.08. The second-order valence-corrected chi connectivity index (χ2v) is 3.81. The average Bonchev–Trinajstić information content (AvgIpc) is 2.28. The summed E-state index contributed by atoms with van der Waals surface area (Å²) in [4.78, 5) is 15.0. The zero-order valence-electron chi connectivity index (χ0n) is 9.06. The van der Waals surface area contributed by atoms with Crippen molar-refractivity contribution in [3.8, 4) is 0 Å². The number of aromatic nitrogens is 1. The van der Waals surface area contributed by atoms with Gasteiger partial charge in [0.05, 0.1) is 18.9 Å². The summed E-state index contributed by atoms with van der Waals surface area (Å²) in [6.07, 6.45) is 0.872. The smallest absolute Gasteiger partial charge is 0.325 e. The van der Waals surface area contributed by atoms with Gasteiger partial charge in [-0.25, -0.2) is 4.98 Å². The molecule has 86 valence electrons. The third kappa shape index (κ3) is 2.30. The van der Waals surface area contributed by atoms with E-state index in [1.165, 1.54) is 5.56 Å². The Kier molecular flexibility index (Phi) is 3.05. The second-order valence-electron chi connectivity index (χ2n) is 3.81. The van der Waals surface area contributed by atoms with Crippen LogP contribution in [0.4, 0.5) is 5.82 Å². The first-order chi connectivity index (χ1) is 7.66. The van der Waals surface area contributed by atoms with Gasteiger partial charge in [0.25, 0.3) is 0 Å². The van der Waals surface area contributed by atoms with E-state index in [-0.39, 0.29) is 0 Å². The highest BCUT2D eigenvalue weighted by Crippen LogP contribution is 2.17. The first-order valence-electron chi connectivity index (χ1n) is 5.22. The van der Waals surface area contributed by atoms with Crippen molar-refractivity contribution in [3.05, 3.63) is 23.4 Å². The van der Waals surface area contributed by atoms with Crippen molar-refractivity contribution < 1.29 is 14.6 Å². The van der Waals surface area contributed by atoms with Gasteiger partial charge in [0, 0.05) is 0 Å². The van der Waals surface area contributed by atoms with Crippen LogP contribution in [0.2, 0.25) is 0 Å². The molecule has 1 aromatic heterocycles. The summed E-state index contributed by atoms with van der Waals surface area (Å²) >= 11 is 0. The molecule has 2 N–H and O–H groups in total. The van der Waals surface area contributed by atoms with Crippen LogP contribution in [0.1, 0.15) is 18.2 Å². The molecule has 0 saturated carbocycles. The topological polar surface area (TPSA) is 71.5 Å². The molecule has 2 heterocycles. The van der Waals surface area contributed by atoms with E-state index in [0.29, 0.717) is 12.4 Å². The van der Waals surface area contributed by atoms with E-state index in [4.69, 9.17) is 9.84 Å². The number of ether oxygens (including phenoxy) is 1. The van der Waals surface area contributed by atoms with Crippen molar-refractivity contribution in [1.82, 2.24) is 4.98 Å². The van der Waals surface area contributed by atoms with Crippen molar-refractivity contribution in [1.29, 1.82) is 0 Å². The monoisotopic (exact) mass is 222 g/mol. The van der Waals surface area contributed by atoms with Gasteiger partial charge >= 0.3 is 5.97 Å². The molecule has 2 rings (SSSR count). The number of fused-ring (bicyclic) bond motifs is 1. The van der Waals surface area contributed by atoms with Crippen LogP contribution in [0.5, 0.6) is 0 Å². The normalized spacial score (nSPS) is 16.3. The van der Waals surface area contributed by atoms with Gasteiger partial charge in [0.2, 0.25) is 0 Å². The molecule has 0 aliphatic carbocycles. The van der Waals surface area contributed by atoms with Gasteiger partial charge in [-0.1, -0.05) is 6.07 Å². The van der Waals surface area contributed by atoms with Crippen LogP contribution >= 0.6 is 0 Å². The van der Waals surface area contributed by atoms with Gasteiger partial charge in [0.15, 0.2) is 0 Å². The Balaban J connectivity index is 2.14. The highest BCUT2D eigenvalue weighted by Gasteiger charge is 2.14. The molecule has 0 saturated heterocycles. The largest absolute Gasteiger partial charge is 0.480 e. The first kappa shape index (κ1) is 10.9. The number of carbonyl (C=O) groups is 1. The predicted octanol–water partition coefficient (Wildman–Crippen LogP) is 1.04. The van der Waals surface area contributed by atoms with E-state index >= 15 is 0 Å². The van der Waals surface area contributed by atoms with E-state index in [1.54, 1.807) is 6.92 Å². The summed E-state index contributed by atoms with van der Waals surface area (Å²) < 4.78 is 5.30. The molecule has 0 fully saturated rings. The number of pyridine rings is 1. The van der Waals surface area contributed by atoms with Gasteiger partial charge in [-0.15, -0.1) is 0 Å². The van der Waals surface area contributed by atoms with Crippen molar-refractivity contribution in [2.45, 2.75) is 26.0 Å². The van der Waals surface area contributed by atoms with Crippen LogP contribution in [0, 0.1) is 0 Å². The third-order valence-corrected chi connectivity index (χ3v) is 2.56. The molecule has 1 unspecified atom stereocenters. The molecule has 5 nitrogen and oxygen atoms in total. The number of carboxylic acid groups (broad SMARTS) is 1. The van der Waals surface area contributed by atoms with Gasteiger partial charge in [-0.2, -0.15) is 0 Å². The van der Waals surface area contributed by atoms with E-state index in [2.05, 4.69) is 10.3 Å². The number of carboxylic acids is 1. The molecule has 1 aliphatic heterocycles. The van der Waals surface area contributed by atoms with E-state index < -0.39 is 12.0 Å². The number of aliphatic carboxylic acids is 1. The summed E-state index contributed by atoms with van der Waals surface area (Å²) in [6, 6.07) is 3.14. The standard InChI is InChI=1S/C11H14N2O3/c1-7(11(14)15)12-10-3-2-8-4-5-16-6-9(8)13-10/h2-3,7H,4-6H2,1H3,(H,12,13)(H,14,15). The molecule has 0 bridgehead atoms. The van der Waals surface area contributed by atoms with Crippen LogP contribution < -0.4 is 5.32 Å². The van der Waals surface area contributed by atoms with Gasteiger partial charge in [-0.05, 0) is 25.0 Å². The quantitative estimate of drug-likeness (QED) is 0.799. The lowest BCUT2D eigenvalue weighted by molar-refractivity contribution is -0.137. The Morgan fingerprint density at radius 3 is 3.19 bits per heavy atom. The molecule has 0 amide bonds. The summed E-state index contributed by atoms with van der Waals surface area (Å²) in [5.74, 6) is -0.310. The van der Waals surface area contributed by atoms with Crippen molar-refractivity contribution in [2.75, 3.05) is 11.9 Å². The number of nitrogens with zero attached hydrogens (tertiary/aromatic N) is 1. The second kappa shape index (κ2) is 4.49. The lowest BCUT2D eigenvalue weighted by Gasteiger charge is -2.17. The molecule has 1 aliphatic rings. The van der Waals surface area contributed by atoms with Gasteiger partial charge < -0.3 is 15.2 Å². The molecule has 16 heavy (non-hydrogen) atoms. The SMILES string of the molecule is CC(Nc1ccc2c(n1)COCC2)C(=O)O. The minimum atomic E-state index is -0.893. The Labute approximate surface area is 93.5 Å². The lowest BCUT2D eigenvalue weighted by Crippen LogP contribution is -2.26. The van der Waals surface area contributed by atoms with Crippen LogP contribution in [-0.2, 0) is 22.6 Å². The summed E-state index contributed by atoms with van der Waals surface area (Å²) in [6.45, 7) is 2.82. The fourth-order valence-corrected chi connectivity index (χ4v) is 1.60. The highest BCUT2D eigenvalue weighted by molar-refractivity contribution is 5.76. The Morgan fingerprint density at radius 1 is 1.62 bits per heavy atom. The first-order valence-corrected chi connectivity index (χ1v) is 5.22. The molecule has 0 aromatic carbocycles. The predicted molar refractivity (Wildman–Crippen MR) is 58.3 cm³/mol. The summed E-state index contributed by atoms with van der Waals surface area (Å²) in [7, 11) is 0. The Hall–Kier alpha value is -1.62. The summed E-state index contributed by atoms with van der Waals surface area (Å²) in [5, 5.41) is 11.6. The third-order valence-electron chi connectivity index (χ3n) is 2.56. The number of nitrogens with one attached hydrogen (secondary N) is 1. The molecule has 0 radical (unpaired) electrons. The van der Waals surface area contributed by atoms with Crippen LogP contribution in [0.25, 0.3) is 0 Å². The molecular formula is C11H14N2O3. The maximum Gasteiger partial charge on any atom is 0.325 e. The molecule has 5 heteroatoms. The lowest BCUT2D eigenvalue weighted by atomic mass is 10.1. The van der Waals surface area contributed by atoms with Crippen molar-refractivity contribution >= 4 is 11.8 Å². The Bertz CT molecular complexity index is 406. The molecule has 0 spiro atoms. The number of rotatable bonds is 3. The van der Waals surface area contributed by atoms with Crippen LogP contribution in [-0.4, -0.2) is 28.7 Å². The van der Waals surface area contributed by atoms with E-state index in [9.17, 15) is 4.79 Å². The zero-order valence-corrected chi connectivity index (χ0v) is 9.06. The zero-order chi connectivity index (χ0) is 11.5. The van der Waals surface area contributed by atoms with E-state index in [1.807, 2.05) is 12.1 Å². The number of hydrogen-bond donors (Lipinski definition) is 2. The van der Waals surface area contributed by atoms with Crippen LogP contribution in [0.3, 0.4) is 0 Å². The fourth-order valence-electron chi connectivity index (χ4n) is 1.60. The van der Waals surface area contributed by atoms with Crippen LogP contribution in [0.15, 0.2) is 12.1 Å². The van der Waals surface area contributed by atoms with Crippen molar-refractivity contribution in [2.24, 2.45) is 0 Å². The van der Waals surface area contributed by atoms with Gasteiger partial charge in [0.1, 0.15) is 11.9 Å². The highest BCUT2D eigenvalue weighted by atomic mass is 16.5. The Morgan fingerprint density at radius 2 is 2.44 bits per heavy atom. The fraction of sp³-hybridized carbons (Fsp3) is 0.455. The maximum absolute atomic E-state index is 10.7. The number of anilines is 1.